The molecule has 0 amide bonds. The fraction of sp³-hybridized carbons (Fsp3) is 0.545. The zero-order valence-electron chi connectivity index (χ0n) is 9.68. The van der Waals surface area contributed by atoms with E-state index in [9.17, 15) is 8.42 Å². The van der Waals surface area contributed by atoms with Crippen LogP contribution in [0.1, 0.15) is 12.1 Å². The summed E-state index contributed by atoms with van der Waals surface area (Å²) in [6, 6.07) is 5.91. The minimum Gasteiger partial charge on any atom is -0.317 e. The van der Waals surface area contributed by atoms with E-state index in [2.05, 4.69) is 10.3 Å². The molecule has 16 heavy (non-hydrogen) atoms. The van der Waals surface area contributed by atoms with Gasteiger partial charge in [0, 0.05) is 30.6 Å². The highest BCUT2D eigenvalue weighted by Gasteiger charge is 2.11. The van der Waals surface area contributed by atoms with Gasteiger partial charge in [0.1, 0.15) is 9.84 Å². The van der Waals surface area contributed by atoms with Gasteiger partial charge in [-0.15, -0.1) is 0 Å². The Morgan fingerprint density at radius 3 is 2.69 bits per heavy atom. The maximum Gasteiger partial charge on any atom is 0.147 e. The summed E-state index contributed by atoms with van der Waals surface area (Å²) in [4.78, 5) is 4.22. The van der Waals surface area contributed by atoms with Crippen LogP contribution in [0.25, 0.3) is 0 Å². The minimum absolute atomic E-state index is 0.157. The highest BCUT2D eigenvalue weighted by atomic mass is 32.2. The lowest BCUT2D eigenvalue weighted by atomic mass is 10.1. The Bertz CT molecular complexity index is 403. The molecule has 0 aliphatic heterocycles. The first kappa shape index (κ1) is 13.1. The van der Waals surface area contributed by atoms with Gasteiger partial charge >= 0.3 is 0 Å². The van der Waals surface area contributed by atoms with Crippen molar-refractivity contribution in [3.05, 3.63) is 30.1 Å². The molecule has 1 atom stereocenters. The van der Waals surface area contributed by atoms with Crippen molar-refractivity contribution in [3.63, 3.8) is 0 Å². The smallest absolute Gasteiger partial charge is 0.147 e. The highest BCUT2D eigenvalue weighted by molar-refractivity contribution is 7.90. The molecule has 1 heterocycles. The fourth-order valence-electron chi connectivity index (χ4n) is 1.48. The second-order valence-corrected chi connectivity index (χ2v) is 6.19. The van der Waals surface area contributed by atoms with Crippen molar-refractivity contribution in [1.29, 1.82) is 0 Å². The van der Waals surface area contributed by atoms with Gasteiger partial charge in [-0.25, -0.2) is 8.42 Å². The number of likely N-dealkylation sites (N-methyl/N-ethyl adjacent to an activating group) is 1. The van der Waals surface area contributed by atoms with Gasteiger partial charge in [0.25, 0.3) is 0 Å². The largest absolute Gasteiger partial charge is 0.317 e. The van der Waals surface area contributed by atoms with E-state index in [1.807, 2.05) is 25.2 Å². The SMILES string of the molecule is CNC(CCS(C)(=O)=O)Cc1ccccn1. The fourth-order valence-corrected chi connectivity index (χ4v) is 2.19. The van der Waals surface area contributed by atoms with Crippen LogP contribution in [-0.2, 0) is 16.3 Å². The summed E-state index contributed by atoms with van der Waals surface area (Å²) >= 11 is 0. The predicted octanol–water partition coefficient (Wildman–Crippen LogP) is 0.647. The molecule has 5 heteroatoms. The number of aromatic nitrogens is 1. The molecule has 0 radical (unpaired) electrons. The number of rotatable bonds is 6. The molecule has 0 saturated heterocycles. The van der Waals surface area contributed by atoms with Gasteiger partial charge in [-0.3, -0.25) is 4.98 Å². The average molecular weight is 242 g/mol. The highest BCUT2D eigenvalue weighted by Crippen LogP contribution is 2.04. The Hall–Kier alpha value is -0.940. The topological polar surface area (TPSA) is 59.1 Å². The normalized spacial score (nSPS) is 13.6. The minimum atomic E-state index is -2.88. The molecule has 1 aromatic heterocycles. The first-order valence-corrected chi connectivity index (χ1v) is 7.32. The summed E-state index contributed by atoms with van der Waals surface area (Å²) in [6.07, 6.45) is 4.39. The van der Waals surface area contributed by atoms with Gasteiger partial charge in [0.15, 0.2) is 0 Å². The van der Waals surface area contributed by atoms with E-state index in [0.717, 1.165) is 12.1 Å². The molecule has 0 saturated carbocycles. The number of nitrogens with one attached hydrogen (secondary N) is 1. The van der Waals surface area contributed by atoms with E-state index in [4.69, 9.17) is 0 Å². The molecule has 1 aromatic rings. The van der Waals surface area contributed by atoms with Gasteiger partial charge in [-0.05, 0) is 25.6 Å². The van der Waals surface area contributed by atoms with Crippen molar-refractivity contribution < 1.29 is 8.42 Å². The third-order valence-corrected chi connectivity index (χ3v) is 3.40. The van der Waals surface area contributed by atoms with Crippen LogP contribution in [0.4, 0.5) is 0 Å². The number of sulfone groups is 1. The molecule has 0 aromatic carbocycles. The van der Waals surface area contributed by atoms with Crippen LogP contribution in [0.2, 0.25) is 0 Å². The molecule has 1 rings (SSSR count). The zero-order chi connectivity index (χ0) is 12.0. The standard InChI is InChI=1S/C11H18N2O2S/c1-12-10(6-8-16(2,14)15)9-11-5-3-4-7-13-11/h3-5,7,10,12H,6,8-9H2,1-2H3. The van der Waals surface area contributed by atoms with E-state index < -0.39 is 9.84 Å². The Balaban J connectivity index is 2.50. The quantitative estimate of drug-likeness (QED) is 0.795. The van der Waals surface area contributed by atoms with Crippen molar-refractivity contribution in [2.24, 2.45) is 0 Å². The van der Waals surface area contributed by atoms with Crippen LogP contribution < -0.4 is 5.32 Å². The summed E-state index contributed by atoms with van der Waals surface area (Å²) in [7, 11) is -1.04. The number of hydrogen-bond acceptors (Lipinski definition) is 4. The zero-order valence-corrected chi connectivity index (χ0v) is 10.5. The first-order valence-electron chi connectivity index (χ1n) is 5.26. The number of nitrogens with zero attached hydrogens (tertiary/aromatic N) is 1. The summed E-state index contributed by atoms with van der Waals surface area (Å²) in [5.74, 6) is 0.214. The lowest BCUT2D eigenvalue weighted by molar-refractivity contribution is 0.530. The Morgan fingerprint density at radius 1 is 1.44 bits per heavy atom. The number of pyridine rings is 1. The molecule has 4 nitrogen and oxygen atoms in total. The van der Waals surface area contributed by atoms with E-state index >= 15 is 0 Å². The van der Waals surface area contributed by atoms with Gasteiger partial charge < -0.3 is 5.32 Å². The summed E-state index contributed by atoms with van der Waals surface area (Å²) in [5, 5.41) is 3.12. The lowest BCUT2D eigenvalue weighted by Gasteiger charge is -2.14. The first-order chi connectivity index (χ1) is 7.51. The molecular formula is C11H18N2O2S. The van der Waals surface area contributed by atoms with Gasteiger partial charge in [0.05, 0.1) is 5.75 Å². The predicted molar refractivity (Wildman–Crippen MR) is 65.1 cm³/mol. The Morgan fingerprint density at radius 2 is 2.19 bits per heavy atom. The third kappa shape index (κ3) is 5.23. The maximum absolute atomic E-state index is 11.1. The van der Waals surface area contributed by atoms with Crippen molar-refractivity contribution in [3.8, 4) is 0 Å². The summed E-state index contributed by atoms with van der Waals surface area (Å²) in [5.41, 5.74) is 0.982. The lowest BCUT2D eigenvalue weighted by Crippen LogP contribution is -2.30. The Labute approximate surface area is 97.0 Å². The van der Waals surface area contributed by atoms with Gasteiger partial charge in [0.2, 0.25) is 0 Å². The second kappa shape index (κ2) is 5.96. The Kier molecular flexibility index (Phi) is 4.89. The van der Waals surface area contributed by atoms with Crippen LogP contribution in [0.3, 0.4) is 0 Å². The molecule has 1 N–H and O–H groups in total. The summed E-state index contributed by atoms with van der Waals surface area (Å²) < 4.78 is 22.1. The van der Waals surface area contributed by atoms with Crippen molar-refractivity contribution in [2.45, 2.75) is 18.9 Å². The number of hydrogen-bond donors (Lipinski definition) is 1. The van der Waals surface area contributed by atoms with Crippen molar-refractivity contribution >= 4 is 9.84 Å². The molecule has 90 valence electrons. The molecular weight excluding hydrogens is 224 g/mol. The van der Waals surface area contributed by atoms with Crippen molar-refractivity contribution in [2.75, 3.05) is 19.1 Å². The van der Waals surface area contributed by atoms with Gasteiger partial charge in [-0.2, -0.15) is 0 Å². The molecule has 0 bridgehead atoms. The van der Waals surface area contributed by atoms with Crippen LogP contribution in [-0.4, -0.2) is 38.5 Å². The monoisotopic (exact) mass is 242 g/mol. The van der Waals surface area contributed by atoms with E-state index in [0.29, 0.717) is 6.42 Å². The average Bonchev–Trinajstić information content (AvgIpc) is 2.24. The van der Waals surface area contributed by atoms with E-state index in [-0.39, 0.29) is 11.8 Å². The molecule has 0 fully saturated rings. The summed E-state index contributed by atoms with van der Waals surface area (Å²) in [6.45, 7) is 0. The molecule has 0 aliphatic carbocycles. The van der Waals surface area contributed by atoms with Crippen LogP contribution in [0, 0.1) is 0 Å². The second-order valence-electron chi connectivity index (χ2n) is 3.93. The van der Waals surface area contributed by atoms with Crippen LogP contribution in [0.5, 0.6) is 0 Å². The molecule has 1 unspecified atom stereocenters. The third-order valence-electron chi connectivity index (χ3n) is 2.43. The molecule has 0 spiro atoms. The van der Waals surface area contributed by atoms with Gasteiger partial charge in [-0.1, -0.05) is 6.07 Å². The molecule has 0 aliphatic rings. The maximum atomic E-state index is 11.1. The van der Waals surface area contributed by atoms with Crippen LogP contribution in [0.15, 0.2) is 24.4 Å². The van der Waals surface area contributed by atoms with Crippen LogP contribution >= 0.6 is 0 Å². The van der Waals surface area contributed by atoms with E-state index in [1.54, 1.807) is 6.20 Å². The van der Waals surface area contributed by atoms with Crippen molar-refractivity contribution in [1.82, 2.24) is 10.3 Å². The van der Waals surface area contributed by atoms with E-state index in [1.165, 1.54) is 6.26 Å².